The lowest BCUT2D eigenvalue weighted by atomic mass is 10.1. The van der Waals surface area contributed by atoms with Gasteiger partial charge in [-0.25, -0.2) is 0 Å². The Labute approximate surface area is 175 Å². The molecule has 1 aromatic heterocycles. The molecule has 0 unspecified atom stereocenters. The second-order valence-corrected chi connectivity index (χ2v) is 9.06. The quantitative estimate of drug-likeness (QED) is 0.750. The first-order chi connectivity index (χ1) is 13.5. The number of hydrogen-bond acceptors (Lipinski definition) is 5. The summed E-state index contributed by atoms with van der Waals surface area (Å²) in [6, 6.07) is 10.1. The summed E-state index contributed by atoms with van der Waals surface area (Å²) in [6.45, 7) is 7.23. The van der Waals surface area contributed by atoms with Crippen LogP contribution in [0.5, 0.6) is 0 Å². The molecule has 28 heavy (non-hydrogen) atoms. The molecule has 2 amide bonds. The summed E-state index contributed by atoms with van der Waals surface area (Å²) in [7, 11) is 0. The number of anilines is 1. The van der Waals surface area contributed by atoms with Crippen LogP contribution in [-0.4, -0.2) is 60.1 Å². The summed E-state index contributed by atoms with van der Waals surface area (Å²) in [5.41, 5.74) is 3.05. The Balaban J connectivity index is 1.38. The average molecular weight is 418 g/mol. The molecule has 1 aromatic carbocycles. The van der Waals surface area contributed by atoms with Gasteiger partial charge in [0.25, 0.3) is 0 Å². The zero-order valence-electron chi connectivity index (χ0n) is 16.4. The number of carbonyl (C=O) groups is 2. The summed E-state index contributed by atoms with van der Waals surface area (Å²) >= 11 is 3.40. The minimum absolute atomic E-state index is 0.00341. The van der Waals surface area contributed by atoms with E-state index in [1.165, 1.54) is 4.88 Å². The Bertz CT molecular complexity index is 780. The summed E-state index contributed by atoms with van der Waals surface area (Å²) in [5, 5.41) is 5.10. The highest BCUT2D eigenvalue weighted by Gasteiger charge is 2.22. The zero-order valence-corrected chi connectivity index (χ0v) is 18.1. The molecule has 2 heterocycles. The number of thiophene rings is 1. The molecule has 0 bridgehead atoms. The highest BCUT2D eigenvalue weighted by atomic mass is 32.2. The number of aryl methyl sites for hydroxylation is 2. The first kappa shape index (κ1) is 20.9. The Morgan fingerprint density at radius 2 is 1.79 bits per heavy atom. The van der Waals surface area contributed by atoms with Crippen LogP contribution in [0.3, 0.4) is 0 Å². The van der Waals surface area contributed by atoms with E-state index in [4.69, 9.17) is 0 Å². The van der Waals surface area contributed by atoms with E-state index in [-0.39, 0.29) is 11.8 Å². The van der Waals surface area contributed by atoms with Crippen LogP contribution in [0, 0.1) is 13.8 Å². The Morgan fingerprint density at radius 1 is 1.07 bits per heavy atom. The van der Waals surface area contributed by atoms with Crippen molar-refractivity contribution in [3.8, 4) is 0 Å². The summed E-state index contributed by atoms with van der Waals surface area (Å²) in [6.07, 6.45) is 0. The van der Waals surface area contributed by atoms with Gasteiger partial charge in [0.1, 0.15) is 0 Å². The minimum Gasteiger partial charge on any atom is -0.339 e. The van der Waals surface area contributed by atoms with Gasteiger partial charge in [0.05, 0.1) is 12.3 Å². The van der Waals surface area contributed by atoms with Crippen molar-refractivity contribution in [2.24, 2.45) is 0 Å². The van der Waals surface area contributed by atoms with E-state index >= 15 is 0 Å². The third-order valence-electron chi connectivity index (χ3n) is 4.89. The molecule has 7 heteroatoms. The van der Waals surface area contributed by atoms with Gasteiger partial charge >= 0.3 is 0 Å². The minimum atomic E-state index is 0.00341. The molecule has 1 N–H and O–H groups in total. The van der Waals surface area contributed by atoms with Crippen molar-refractivity contribution >= 4 is 40.6 Å². The van der Waals surface area contributed by atoms with E-state index in [2.05, 4.69) is 21.7 Å². The van der Waals surface area contributed by atoms with E-state index in [0.717, 1.165) is 35.7 Å². The lowest BCUT2D eigenvalue weighted by molar-refractivity contribution is -0.130. The highest BCUT2D eigenvalue weighted by Crippen LogP contribution is 2.20. The molecule has 1 aliphatic heterocycles. The van der Waals surface area contributed by atoms with Crippen molar-refractivity contribution in [2.45, 2.75) is 19.6 Å². The normalized spacial score (nSPS) is 14.9. The molecule has 150 valence electrons. The summed E-state index contributed by atoms with van der Waals surface area (Å²) in [5.74, 6) is 1.61. The second-order valence-electron chi connectivity index (χ2n) is 7.04. The summed E-state index contributed by atoms with van der Waals surface area (Å²) in [4.78, 5) is 30.1. The number of nitrogens with zero attached hydrogens (tertiary/aromatic N) is 2. The molecule has 1 saturated heterocycles. The Hall–Kier alpha value is -1.83. The molecule has 0 spiro atoms. The largest absolute Gasteiger partial charge is 0.339 e. The molecular weight excluding hydrogens is 390 g/mol. The molecule has 0 atom stereocenters. The molecule has 0 aliphatic carbocycles. The van der Waals surface area contributed by atoms with Gasteiger partial charge < -0.3 is 10.2 Å². The van der Waals surface area contributed by atoms with E-state index < -0.39 is 0 Å². The lowest BCUT2D eigenvalue weighted by Gasteiger charge is -2.34. The Morgan fingerprint density at radius 3 is 2.43 bits per heavy atom. The van der Waals surface area contributed by atoms with E-state index in [1.807, 2.05) is 43.0 Å². The Kier molecular flexibility index (Phi) is 7.53. The van der Waals surface area contributed by atoms with Crippen molar-refractivity contribution in [1.29, 1.82) is 0 Å². The van der Waals surface area contributed by atoms with E-state index in [1.54, 1.807) is 23.1 Å². The number of carbonyl (C=O) groups excluding carboxylic acids is 2. The fraction of sp³-hybridized carbons (Fsp3) is 0.429. The van der Waals surface area contributed by atoms with Crippen LogP contribution >= 0.6 is 23.1 Å². The van der Waals surface area contributed by atoms with E-state index in [9.17, 15) is 9.59 Å². The second kappa shape index (κ2) is 10.1. The third kappa shape index (κ3) is 5.83. The number of nitrogens with one attached hydrogen (secondary N) is 1. The maximum atomic E-state index is 12.4. The van der Waals surface area contributed by atoms with Crippen molar-refractivity contribution in [2.75, 3.05) is 43.8 Å². The molecule has 0 saturated carbocycles. The fourth-order valence-electron chi connectivity index (χ4n) is 3.27. The van der Waals surface area contributed by atoms with Crippen LogP contribution in [0.4, 0.5) is 5.69 Å². The smallest absolute Gasteiger partial charge is 0.238 e. The number of amides is 2. The van der Waals surface area contributed by atoms with Crippen molar-refractivity contribution < 1.29 is 9.59 Å². The molecule has 0 radical (unpaired) electrons. The fourth-order valence-corrected chi connectivity index (χ4v) is 5.04. The van der Waals surface area contributed by atoms with Crippen LogP contribution in [0.1, 0.15) is 16.0 Å². The predicted molar refractivity (Wildman–Crippen MR) is 118 cm³/mol. The number of thioether (sulfide) groups is 1. The maximum absolute atomic E-state index is 12.4. The van der Waals surface area contributed by atoms with Crippen LogP contribution < -0.4 is 5.32 Å². The molecule has 1 aliphatic rings. The summed E-state index contributed by atoms with van der Waals surface area (Å²) < 4.78 is 0. The number of benzene rings is 1. The number of rotatable bonds is 7. The van der Waals surface area contributed by atoms with Gasteiger partial charge in [0, 0.05) is 42.5 Å². The van der Waals surface area contributed by atoms with Crippen LogP contribution in [0.2, 0.25) is 0 Å². The third-order valence-corrected chi connectivity index (χ3v) is 6.91. The van der Waals surface area contributed by atoms with Gasteiger partial charge in [-0.1, -0.05) is 24.3 Å². The average Bonchev–Trinajstić information content (AvgIpc) is 3.19. The maximum Gasteiger partial charge on any atom is 0.238 e. The molecule has 3 rings (SSSR count). The van der Waals surface area contributed by atoms with Crippen molar-refractivity contribution in [3.05, 3.63) is 51.7 Å². The molecule has 5 nitrogen and oxygen atoms in total. The van der Waals surface area contributed by atoms with Gasteiger partial charge in [0.15, 0.2) is 0 Å². The predicted octanol–water partition coefficient (Wildman–Crippen LogP) is 3.38. The monoisotopic (exact) mass is 417 g/mol. The van der Waals surface area contributed by atoms with Crippen molar-refractivity contribution in [1.82, 2.24) is 9.80 Å². The molecule has 2 aromatic rings. The van der Waals surface area contributed by atoms with Gasteiger partial charge in [-0.05, 0) is 36.4 Å². The highest BCUT2D eigenvalue weighted by molar-refractivity contribution is 7.99. The molecular formula is C21H27N3O2S2. The number of para-hydroxylation sites is 1. The van der Waals surface area contributed by atoms with Gasteiger partial charge in [-0.15, -0.1) is 23.1 Å². The van der Waals surface area contributed by atoms with Crippen LogP contribution in [0.25, 0.3) is 0 Å². The van der Waals surface area contributed by atoms with Crippen LogP contribution in [-0.2, 0) is 15.3 Å². The van der Waals surface area contributed by atoms with Crippen LogP contribution in [0.15, 0.2) is 35.7 Å². The SMILES string of the molecule is Cc1cccc(C)c1NC(=O)CN1CCN(C(=O)CSCc2cccs2)CC1. The first-order valence-corrected chi connectivity index (χ1v) is 11.5. The molecule has 1 fully saturated rings. The van der Waals surface area contributed by atoms with Gasteiger partial charge in [-0.2, -0.15) is 0 Å². The number of hydrogen-bond donors (Lipinski definition) is 1. The van der Waals surface area contributed by atoms with Gasteiger partial charge in [-0.3, -0.25) is 14.5 Å². The standard InChI is InChI=1S/C21H27N3O2S2/c1-16-5-3-6-17(2)21(16)22-19(25)13-23-8-10-24(11-9-23)20(26)15-27-14-18-7-4-12-28-18/h3-7,12H,8-11,13-15H2,1-2H3,(H,22,25). The number of piperazine rings is 1. The topological polar surface area (TPSA) is 52.7 Å². The lowest BCUT2D eigenvalue weighted by Crippen LogP contribution is -2.50. The van der Waals surface area contributed by atoms with Crippen molar-refractivity contribution in [3.63, 3.8) is 0 Å². The zero-order chi connectivity index (χ0) is 19.9. The first-order valence-electron chi connectivity index (χ1n) is 9.49. The van der Waals surface area contributed by atoms with Gasteiger partial charge in [0.2, 0.25) is 11.8 Å². The van der Waals surface area contributed by atoms with E-state index in [0.29, 0.717) is 25.4 Å².